The maximum atomic E-state index is 5.76. The molecular formula is C12H24O. The van der Waals surface area contributed by atoms with E-state index >= 15 is 0 Å². The summed E-state index contributed by atoms with van der Waals surface area (Å²) in [6, 6.07) is 0. The fraction of sp³-hybridized carbons (Fsp3) is 1.00. The number of ether oxygens (including phenoxy) is 1. The Morgan fingerprint density at radius 1 is 1.15 bits per heavy atom. The fourth-order valence-corrected chi connectivity index (χ4v) is 2.21. The van der Waals surface area contributed by atoms with Crippen molar-refractivity contribution in [3.05, 3.63) is 0 Å². The Labute approximate surface area is 82.9 Å². The molecule has 0 aromatic heterocycles. The molecule has 0 amide bonds. The molecule has 1 fully saturated rings. The largest absolute Gasteiger partial charge is 0.378 e. The fourth-order valence-electron chi connectivity index (χ4n) is 2.21. The van der Waals surface area contributed by atoms with E-state index in [0.717, 1.165) is 24.9 Å². The summed E-state index contributed by atoms with van der Waals surface area (Å²) in [5.74, 6) is 1.83. The molecule has 0 radical (unpaired) electrons. The van der Waals surface area contributed by atoms with Gasteiger partial charge in [-0.2, -0.15) is 0 Å². The van der Waals surface area contributed by atoms with E-state index in [9.17, 15) is 0 Å². The first-order chi connectivity index (χ1) is 6.24. The second-order valence-electron chi connectivity index (χ2n) is 4.65. The van der Waals surface area contributed by atoms with E-state index in [1.807, 2.05) is 0 Å². The van der Waals surface area contributed by atoms with E-state index < -0.39 is 0 Å². The maximum absolute atomic E-state index is 5.76. The minimum absolute atomic E-state index is 0.579. The summed E-state index contributed by atoms with van der Waals surface area (Å²) in [6.45, 7) is 7.83. The van der Waals surface area contributed by atoms with Crippen molar-refractivity contribution in [2.24, 2.45) is 11.8 Å². The van der Waals surface area contributed by atoms with Crippen molar-refractivity contribution in [2.45, 2.75) is 59.0 Å². The lowest BCUT2D eigenvalue weighted by Crippen LogP contribution is -2.24. The van der Waals surface area contributed by atoms with E-state index in [1.54, 1.807) is 0 Å². The van der Waals surface area contributed by atoms with E-state index in [1.165, 1.54) is 25.7 Å². The van der Waals surface area contributed by atoms with Gasteiger partial charge in [-0.25, -0.2) is 0 Å². The first-order valence-electron chi connectivity index (χ1n) is 5.85. The third kappa shape index (κ3) is 3.68. The molecule has 1 aliphatic carbocycles. The lowest BCUT2D eigenvalue weighted by Gasteiger charge is -2.30. The van der Waals surface area contributed by atoms with Crippen LogP contribution in [0.2, 0.25) is 0 Å². The van der Waals surface area contributed by atoms with Gasteiger partial charge in [-0.15, -0.1) is 0 Å². The van der Waals surface area contributed by atoms with Crippen LogP contribution in [-0.4, -0.2) is 12.7 Å². The summed E-state index contributed by atoms with van der Waals surface area (Å²) in [5, 5.41) is 0. The van der Waals surface area contributed by atoms with Gasteiger partial charge in [-0.3, -0.25) is 0 Å². The van der Waals surface area contributed by atoms with E-state index in [2.05, 4.69) is 20.8 Å². The Hall–Kier alpha value is -0.0400. The van der Waals surface area contributed by atoms with Crippen molar-refractivity contribution in [1.29, 1.82) is 0 Å². The van der Waals surface area contributed by atoms with Crippen LogP contribution in [0.3, 0.4) is 0 Å². The zero-order chi connectivity index (χ0) is 9.68. The highest BCUT2D eigenvalue weighted by molar-refractivity contribution is 4.74. The van der Waals surface area contributed by atoms with E-state index in [-0.39, 0.29) is 0 Å². The van der Waals surface area contributed by atoms with Crippen LogP contribution in [0.4, 0.5) is 0 Å². The molecule has 0 heterocycles. The molecule has 0 saturated heterocycles. The highest BCUT2D eigenvalue weighted by Crippen LogP contribution is 2.31. The molecule has 0 aliphatic heterocycles. The minimum atomic E-state index is 0.579. The smallest absolute Gasteiger partial charge is 0.0575 e. The molecule has 1 heteroatoms. The molecule has 0 bridgehead atoms. The molecule has 0 spiro atoms. The number of rotatable bonds is 4. The van der Waals surface area contributed by atoms with Gasteiger partial charge in [0.2, 0.25) is 0 Å². The third-order valence-electron chi connectivity index (χ3n) is 3.22. The summed E-state index contributed by atoms with van der Waals surface area (Å²) < 4.78 is 5.76. The number of hydrogen-bond donors (Lipinski definition) is 0. The zero-order valence-corrected chi connectivity index (χ0v) is 9.38. The van der Waals surface area contributed by atoms with Crippen molar-refractivity contribution in [2.75, 3.05) is 6.61 Å². The predicted molar refractivity (Wildman–Crippen MR) is 56.8 cm³/mol. The van der Waals surface area contributed by atoms with Gasteiger partial charge in [-0.1, -0.05) is 20.8 Å². The van der Waals surface area contributed by atoms with Crippen molar-refractivity contribution in [3.8, 4) is 0 Å². The Kier molecular flexibility index (Phi) is 4.79. The lowest BCUT2D eigenvalue weighted by molar-refractivity contribution is 0.0135. The highest BCUT2D eigenvalue weighted by Gasteiger charge is 2.23. The molecule has 0 unspecified atom stereocenters. The number of hydrogen-bond acceptors (Lipinski definition) is 1. The second-order valence-corrected chi connectivity index (χ2v) is 4.65. The Balaban J connectivity index is 2.15. The van der Waals surface area contributed by atoms with Gasteiger partial charge in [0, 0.05) is 6.61 Å². The van der Waals surface area contributed by atoms with Crippen LogP contribution in [0.5, 0.6) is 0 Å². The summed E-state index contributed by atoms with van der Waals surface area (Å²) in [4.78, 5) is 0. The van der Waals surface area contributed by atoms with Crippen LogP contribution < -0.4 is 0 Å². The topological polar surface area (TPSA) is 9.23 Å². The molecule has 13 heavy (non-hydrogen) atoms. The van der Waals surface area contributed by atoms with Crippen LogP contribution in [-0.2, 0) is 4.74 Å². The molecule has 1 rings (SSSR count). The molecule has 0 atom stereocenters. The van der Waals surface area contributed by atoms with Crippen molar-refractivity contribution in [1.82, 2.24) is 0 Å². The summed E-state index contributed by atoms with van der Waals surface area (Å²) >= 11 is 0. The first kappa shape index (κ1) is 11.0. The van der Waals surface area contributed by atoms with Gasteiger partial charge < -0.3 is 4.74 Å². The Morgan fingerprint density at radius 3 is 2.23 bits per heavy atom. The second kappa shape index (κ2) is 5.64. The van der Waals surface area contributed by atoms with Gasteiger partial charge in [-0.05, 0) is 43.9 Å². The molecule has 1 aliphatic rings. The summed E-state index contributed by atoms with van der Waals surface area (Å²) in [7, 11) is 0. The summed E-state index contributed by atoms with van der Waals surface area (Å²) in [6.07, 6.45) is 7.09. The molecule has 1 nitrogen and oxygen atoms in total. The van der Waals surface area contributed by atoms with Gasteiger partial charge >= 0.3 is 0 Å². The van der Waals surface area contributed by atoms with Crippen LogP contribution in [0.25, 0.3) is 0 Å². The quantitative estimate of drug-likeness (QED) is 0.648. The van der Waals surface area contributed by atoms with E-state index in [4.69, 9.17) is 4.74 Å². The molecule has 0 N–H and O–H groups in total. The van der Waals surface area contributed by atoms with Crippen LogP contribution in [0.15, 0.2) is 0 Å². The Bertz CT molecular complexity index is 123. The van der Waals surface area contributed by atoms with Crippen molar-refractivity contribution >= 4 is 0 Å². The summed E-state index contributed by atoms with van der Waals surface area (Å²) in [5.41, 5.74) is 0. The standard InChI is InChI=1S/C12H24O/c1-4-9-13-12-7-5-11(6-8-12)10(2)3/h10-12H,4-9H2,1-3H3/t11-,12-. The van der Waals surface area contributed by atoms with Crippen molar-refractivity contribution in [3.63, 3.8) is 0 Å². The normalized spacial score (nSPS) is 29.5. The average molecular weight is 184 g/mol. The van der Waals surface area contributed by atoms with Gasteiger partial charge in [0.05, 0.1) is 6.10 Å². The molecule has 0 aromatic rings. The van der Waals surface area contributed by atoms with Gasteiger partial charge in [0.25, 0.3) is 0 Å². The van der Waals surface area contributed by atoms with Crippen molar-refractivity contribution < 1.29 is 4.74 Å². The van der Waals surface area contributed by atoms with Gasteiger partial charge in [0.1, 0.15) is 0 Å². The monoisotopic (exact) mass is 184 g/mol. The Morgan fingerprint density at radius 2 is 1.77 bits per heavy atom. The van der Waals surface area contributed by atoms with Crippen LogP contribution in [0.1, 0.15) is 52.9 Å². The molecule has 78 valence electrons. The average Bonchev–Trinajstić information content (AvgIpc) is 2.15. The maximum Gasteiger partial charge on any atom is 0.0575 e. The van der Waals surface area contributed by atoms with Gasteiger partial charge in [0.15, 0.2) is 0 Å². The first-order valence-corrected chi connectivity index (χ1v) is 5.85. The third-order valence-corrected chi connectivity index (χ3v) is 3.22. The highest BCUT2D eigenvalue weighted by atomic mass is 16.5. The minimum Gasteiger partial charge on any atom is -0.378 e. The molecular weight excluding hydrogens is 160 g/mol. The SMILES string of the molecule is CCCO[C@H]1CC[C@H](C(C)C)CC1. The van der Waals surface area contributed by atoms with Crippen LogP contribution in [0, 0.1) is 11.8 Å². The lowest BCUT2D eigenvalue weighted by atomic mass is 9.80. The zero-order valence-electron chi connectivity index (χ0n) is 9.38. The van der Waals surface area contributed by atoms with Crippen LogP contribution >= 0.6 is 0 Å². The predicted octanol–water partition coefficient (Wildman–Crippen LogP) is 3.63. The molecule has 0 aromatic carbocycles. The van der Waals surface area contributed by atoms with E-state index in [0.29, 0.717) is 6.10 Å². The molecule has 1 saturated carbocycles.